The zero-order valence-corrected chi connectivity index (χ0v) is 17.7. The number of ether oxygens (including phenoxy) is 1. The van der Waals surface area contributed by atoms with Crippen molar-refractivity contribution < 1.29 is 26.7 Å². The number of anilines is 1. The Morgan fingerprint density at radius 2 is 1.84 bits per heavy atom. The fourth-order valence-electron chi connectivity index (χ4n) is 5.16. The zero-order chi connectivity index (χ0) is 22.3. The highest BCUT2D eigenvalue weighted by atomic mass is 32.2. The molecule has 2 aromatic rings. The van der Waals surface area contributed by atoms with Gasteiger partial charge in [0.2, 0.25) is 11.7 Å². The maximum atomic E-state index is 14.4. The summed E-state index contributed by atoms with van der Waals surface area (Å²) in [4.78, 5) is 17.0. The number of carbonyl (C=O) groups excluding carboxylic acids is 1. The summed E-state index contributed by atoms with van der Waals surface area (Å²) >= 11 is 0. The van der Waals surface area contributed by atoms with E-state index in [0.29, 0.717) is 5.56 Å². The van der Waals surface area contributed by atoms with Crippen LogP contribution in [0, 0.1) is 29.4 Å². The average molecular weight is 451 g/mol. The number of methoxy groups -OCH3 is 1. The second-order valence-electron chi connectivity index (χ2n) is 8.13. The Morgan fingerprint density at radius 1 is 1.16 bits per heavy atom. The standard InChI is InChI=1S/C21H23F2N3O4S/c1-30-20-14(6-7-15(22)19(20)23)17-11-2-4-12(5-3-11)18(17)21(27)26-13-8-9-25-16(10-13)31(24,28)29/h6-12,17-18H,2-5H2,1H3,(H2,24,28,29)(H,25,26,27). The second kappa shape index (κ2) is 8.16. The summed E-state index contributed by atoms with van der Waals surface area (Å²) in [7, 11) is -2.74. The first-order valence-corrected chi connectivity index (χ1v) is 11.6. The van der Waals surface area contributed by atoms with Gasteiger partial charge in [-0.1, -0.05) is 6.07 Å². The minimum atomic E-state index is -4.02. The Balaban J connectivity index is 1.69. The van der Waals surface area contributed by atoms with E-state index >= 15 is 0 Å². The first-order chi connectivity index (χ1) is 14.7. The molecule has 2 atom stereocenters. The molecule has 0 radical (unpaired) electrons. The Bertz CT molecular complexity index is 1120. The van der Waals surface area contributed by atoms with Crippen molar-refractivity contribution in [1.29, 1.82) is 0 Å². The van der Waals surface area contributed by atoms with Crippen LogP contribution in [0.15, 0.2) is 35.5 Å². The zero-order valence-electron chi connectivity index (χ0n) is 16.8. The predicted molar refractivity (Wildman–Crippen MR) is 109 cm³/mol. The summed E-state index contributed by atoms with van der Waals surface area (Å²) in [5.41, 5.74) is 0.734. The smallest absolute Gasteiger partial charge is 0.255 e. The van der Waals surface area contributed by atoms with E-state index in [1.54, 1.807) is 0 Å². The lowest BCUT2D eigenvalue weighted by atomic mass is 9.56. The van der Waals surface area contributed by atoms with Gasteiger partial charge in [-0.25, -0.2) is 22.9 Å². The summed E-state index contributed by atoms with van der Waals surface area (Å²) in [6.45, 7) is 0. The summed E-state index contributed by atoms with van der Waals surface area (Å²) in [6, 6.07) is 5.22. The van der Waals surface area contributed by atoms with Gasteiger partial charge < -0.3 is 10.1 Å². The third-order valence-electron chi connectivity index (χ3n) is 6.46. The number of nitrogens with two attached hydrogens (primary N) is 1. The van der Waals surface area contributed by atoms with Gasteiger partial charge in [0.05, 0.1) is 7.11 Å². The van der Waals surface area contributed by atoms with E-state index in [0.717, 1.165) is 31.7 Å². The molecule has 0 aliphatic heterocycles. The predicted octanol–water partition coefficient (Wildman–Crippen LogP) is 3.17. The fraction of sp³-hybridized carbons (Fsp3) is 0.429. The van der Waals surface area contributed by atoms with E-state index in [1.807, 2.05) is 0 Å². The van der Waals surface area contributed by atoms with E-state index in [1.165, 1.54) is 31.5 Å². The molecule has 0 saturated heterocycles. The van der Waals surface area contributed by atoms with E-state index in [4.69, 9.17) is 9.88 Å². The molecular formula is C21H23F2N3O4S. The number of hydrogen-bond donors (Lipinski definition) is 2. The van der Waals surface area contributed by atoms with E-state index in [9.17, 15) is 22.0 Å². The van der Waals surface area contributed by atoms with E-state index < -0.39 is 27.6 Å². The molecule has 31 heavy (non-hydrogen) atoms. The molecule has 3 aliphatic carbocycles. The third kappa shape index (κ3) is 4.01. The normalized spacial score (nSPS) is 25.3. The Kier molecular flexibility index (Phi) is 5.69. The number of hydrogen-bond acceptors (Lipinski definition) is 5. The molecule has 1 heterocycles. The van der Waals surface area contributed by atoms with Crippen LogP contribution in [-0.2, 0) is 14.8 Å². The Hall–Kier alpha value is -2.59. The molecule has 166 valence electrons. The van der Waals surface area contributed by atoms with Gasteiger partial charge in [-0.2, -0.15) is 4.39 Å². The molecule has 3 aliphatic rings. The van der Waals surface area contributed by atoms with Crippen molar-refractivity contribution in [1.82, 2.24) is 4.98 Å². The molecule has 1 amide bonds. The summed E-state index contributed by atoms with van der Waals surface area (Å²) in [5, 5.41) is 7.53. The van der Waals surface area contributed by atoms with Crippen molar-refractivity contribution in [2.45, 2.75) is 36.6 Å². The number of pyridine rings is 1. The van der Waals surface area contributed by atoms with Crippen LogP contribution in [-0.4, -0.2) is 26.4 Å². The maximum Gasteiger partial charge on any atom is 0.255 e. The summed E-state index contributed by atoms with van der Waals surface area (Å²) in [5.74, 6) is -3.16. The molecule has 1 aromatic heterocycles. The van der Waals surface area contributed by atoms with Crippen LogP contribution in [0.5, 0.6) is 5.75 Å². The van der Waals surface area contributed by atoms with Crippen LogP contribution in [0.3, 0.4) is 0 Å². The van der Waals surface area contributed by atoms with E-state index in [-0.39, 0.29) is 40.1 Å². The number of aromatic nitrogens is 1. The van der Waals surface area contributed by atoms with Gasteiger partial charge in [-0.3, -0.25) is 4.79 Å². The summed E-state index contributed by atoms with van der Waals surface area (Å²) in [6.07, 6.45) is 4.77. The van der Waals surface area contributed by atoms with Gasteiger partial charge in [-0.15, -0.1) is 0 Å². The van der Waals surface area contributed by atoms with Gasteiger partial charge in [0.25, 0.3) is 10.0 Å². The molecule has 7 nitrogen and oxygen atoms in total. The number of sulfonamides is 1. The van der Waals surface area contributed by atoms with Gasteiger partial charge in [0, 0.05) is 35.3 Å². The van der Waals surface area contributed by atoms with Crippen LogP contribution >= 0.6 is 0 Å². The molecule has 3 N–H and O–H groups in total. The molecule has 5 rings (SSSR count). The molecular weight excluding hydrogens is 428 g/mol. The third-order valence-corrected chi connectivity index (χ3v) is 7.27. The lowest BCUT2D eigenvalue weighted by molar-refractivity contribution is -0.126. The molecule has 3 fully saturated rings. The molecule has 2 unspecified atom stereocenters. The highest BCUT2D eigenvalue weighted by Crippen LogP contribution is 2.55. The maximum absolute atomic E-state index is 14.4. The Morgan fingerprint density at radius 3 is 2.48 bits per heavy atom. The number of rotatable bonds is 5. The number of benzene rings is 1. The van der Waals surface area contributed by atoms with Crippen molar-refractivity contribution in [2.24, 2.45) is 22.9 Å². The van der Waals surface area contributed by atoms with Crippen LogP contribution in [0.2, 0.25) is 0 Å². The van der Waals surface area contributed by atoms with Crippen LogP contribution in [0.25, 0.3) is 0 Å². The van der Waals surface area contributed by atoms with Gasteiger partial charge in [-0.05, 0) is 49.7 Å². The highest BCUT2D eigenvalue weighted by Gasteiger charge is 2.48. The first kappa shape index (κ1) is 21.6. The van der Waals surface area contributed by atoms with Crippen LogP contribution < -0.4 is 15.2 Å². The lowest BCUT2D eigenvalue weighted by Crippen LogP contribution is -2.44. The van der Waals surface area contributed by atoms with Crippen molar-refractivity contribution >= 4 is 21.6 Å². The first-order valence-electron chi connectivity index (χ1n) is 10.0. The molecule has 10 heteroatoms. The average Bonchev–Trinajstić information content (AvgIpc) is 2.75. The Labute approximate surface area is 179 Å². The highest BCUT2D eigenvalue weighted by molar-refractivity contribution is 7.89. The SMILES string of the molecule is COc1c(C2C3CCC(CC3)C2C(=O)Nc2ccnc(S(N)(=O)=O)c2)ccc(F)c1F. The quantitative estimate of drug-likeness (QED) is 0.725. The molecule has 0 spiro atoms. The van der Waals surface area contributed by atoms with E-state index in [2.05, 4.69) is 10.3 Å². The summed E-state index contributed by atoms with van der Waals surface area (Å²) < 4.78 is 56.5. The number of halogens is 2. The number of nitrogens with zero attached hydrogens (tertiary/aromatic N) is 1. The van der Waals surface area contributed by atoms with Crippen LogP contribution in [0.4, 0.5) is 14.5 Å². The fourth-order valence-corrected chi connectivity index (χ4v) is 5.66. The van der Waals surface area contributed by atoms with Crippen molar-refractivity contribution in [3.8, 4) is 5.75 Å². The minimum absolute atomic E-state index is 0.0763. The monoisotopic (exact) mass is 451 g/mol. The van der Waals surface area contributed by atoms with Gasteiger partial charge >= 0.3 is 0 Å². The minimum Gasteiger partial charge on any atom is -0.493 e. The molecule has 2 bridgehead atoms. The largest absolute Gasteiger partial charge is 0.493 e. The van der Waals surface area contributed by atoms with Gasteiger partial charge in [0.1, 0.15) is 0 Å². The topological polar surface area (TPSA) is 111 Å². The van der Waals surface area contributed by atoms with Crippen molar-refractivity contribution in [2.75, 3.05) is 12.4 Å². The van der Waals surface area contributed by atoms with Crippen molar-refractivity contribution in [3.63, 3.8) is 0 Å². The molecule has 1 aromatic carbocycles. The lowest BCUT2D eigenvalue weighted by Gasteiger charge is -2.48. The number of fused-ring (bicyclic) bond motifs is 3. The van der Waals surface area contributed by atoms with Crippen LogP contribution in [0.1, 0.15) is 37.2 Å². The number of primary sulfonamides is 1. The molecule has 3 saturated carbocycles. The number of amides is 1. The van der Waals surface area contributed by atoms with Crippen molar-refractivity contribution in [3.05, 3.63) is 47.7 Å². The number of nitrogens with one attached hydrogen (secondary N) is 1. The number of carbonyl (C=O) groups is 1. The second-order valence-corrected chi connectivity index (χ2v) is 9.64. The van der Waals surface area contributed by atoms with Gasteiger partial charge in [0.15, 0.2) is 16.6 Å².